The van der Waals surface area contributed by atoms with Crippen LogP contribution in [0.2, 0.25) is 0 Å². The number of aliphatic hydroxyl groups is 1. The van der Waals surface area contributed by atoms with Crippen LogP contribution in [0, 0.1) is 0 Å². The topological polar surface area (TPSA) is 41.5 Å². The number of hydrogen-bond donors (Lipinski definition) is 2. The summed E-state index contributed by atoms with van der Waals surface area (Å²) >= 11 is 1.68. The van der Waals surface area contributed by atoms with Crippen LogP contribution in [0.25, 0.3) is 0 Å². The highest BCUT2D eigenvalue weighted by molar-refractivity contribution is 7.99. The molecular weight excluding hydrogens is 234 g/mol. The quantitative estimate of drug-likeness (QED) is 0.550. The Kier molecular flexibility index (Phi) is 7.28. The molecule has 3 nitrogen and oxygen atoms in total. The Morgan fingerprint density at radius 3 is 2.65 bits per heavy atom. The van der Waals surface area contributed by atoms with E-state index in [-0.39, 0.29) is 6.10 Å². The highest BCUT2D eigenvalue weighted by Gasteiger charge is 1.99. The fourth-order valence-electron chi connectivity index (χ4n) is 1.33. The molecule has 0 saturated heterocycles. The van der Waals surface area contributed by atoms with Gasteiger partial charge in [-0.1, -0.05) is 12.1 Å². The van der Waals surface area contributed by atoms with Gasteiger partial charge in [0.2, 0.25) is 0 Å². The zero-order valence-corrected chi connectivity index (χ0v) is 11.3. The van der Waals surface area contributed by atoms with Gasteiger partial charge in [0.1, 0.15) is 0 Å². The van der Waals surface area contributed by atoms with Gasteiger partial charge in [0.05, 0.1) is 12.7 Å². The summed E-state index contributed by atoms with van der Waals surface area (Å²) in [7, 11) is 1.70. The first-order valence-electron chi connectivity index (χ1n) is 5.82. The number of benzene rings is 1. The summed E-state index contributed by atoms with van der Waals surface area (Å²) in [4.78, 5) is 1.20. The van der Waals surface area contributed by atoms with Crippen molar-refractivity contribution in [2.75, 3.05) is 26.0 Å². The van der Waals surface area contributed by atoms with Crippen molar-refractivity contribution in [2.24, 2.45) is 0 Å². The highest BCUT2D eigenvalue weighted by atomic mass is 32.2. The average Bonchev–Trinajstić information content (AvgIpc) is 2.33. The molecule has 1 atom stereocenters. The Morgan fingerprint density at radius 1 is 1.35 bits per heavy atom. The average molecular weight is 255 g/mol. The number of nitrogens with one attached hydrogen (secondary N) is 1. The molecule has 0 aliphatic heterocycles. The summed E-state index contributed by atoms with van der Waals surface area (Å²) in [5.74, 6) is 0.742. The van der Waals surface area contributed by atoms with E-state index in [4.69, 9.17) is 4.74 Å². The number of hydrogen-bond acceptors (Lipinski definition) is 4. The van der Waals surface area contributed by atoms with Crippen LogP contribution in [0.3, 0.4) is 0 Å². The number of ether oxygens (including phenoxy) is 1. The smallest absolute Gasteiger partial charge is 0.0606 e. The van der Waals surface area contributed by atoms with Gasteiger partial charge in [0.25, 0.3) is 0 Å². The van der Waals surface area contributed by atoms with Crippen LogP contribution in [0.4, 0.5) is 0 Å². The SMILES string of the molecule is COCCNCc1ccc(SCC(C)O)cc1. The van der Waals surface area contributed by atoms with Crippen molar-refractivity contribution in [3.63, 3.8) is 0 Å². The third kappa shape index (κ3) is 6.68. The molecule has 1 rings (SSSR count). The van der Waals surface area contributed by atoms with Crippen LogP contribution < -0.4 is 5.32 Å². The second kappa shape index (κ2) is 8.53. The van der Waals surface area contributed by atoms with E-state index < -0.39 is 0 Å². The molecule has 17 heavy (non-hydrogen) atoms. The molecule has 0 aliphatic carbocycles. The third-order valence-corrected chi connectivity index (χ3v) is 3.48. The van der Waals surface area contributed by atoms with Gasteiger partial charge in [-0.2, -0.15) is 0 Å². The van der Waals surface area contributed by atoms with Gasteiger partial charge in [0.15, 0.2) is 0 Å². The molecule has 0 amide bonds. The molecule has 0 fully saturated rings. The predicted octanol–water partition coefficient (Wildman–Crippen LogP) is 1.90. The van der Waals surface area contributed by atoms with Crippen LogP contribution in [-0.4, -0.2) is 37.2 Å². The largest absolute Gasteiger partial charge is 0.393 e. The van der Waals surface area contributed by atoms with E-state index >= 15 is 0 Å². The van der Waals surface area contributed by atoms with Gasteiger partial charge in [-0.3, -0.25) is 0 Å². The number of thioether (sulfide) groups is 1. The van der Waals surface area contributed by atoms with Crippen LogP contribution in [0.1, 0.15) is 12.5 Å². The van der Waals surface area contributed by atoms with Crippen LogP contribution in [-0.2, 0) is 11.3 Å². The Bertz CT molecular complexity index is 301. The Hall–Kier alpha value is -0.550. The summed E-state index contributed by atoms with van der Waals surface area (Å²) in [5.41, 5.74) is 1.27. The molecule has 1 unspecified atom stereocenters. The fraction of sp³-hybridized carbons (Fsp3) is 0.538. The van der Waals surface area contributed by atoms with Gasteiger partial charge >= 0.3 is 0 Å². The molecule has 0 radical (unpaired) electrons. The van der Waals surface area contributed by atoms with Crippen molar-refractivity contribution in [1.29, 1.82) is 0 Å². The lowest BCUT2D eigenvalue weighted by Gasteiger charge is -2.06. The first-order valence-corrected chi connectivity index (χ1v) is 6.80. The van der Waals surface area contributed by atoms with Gasteiger partial charge in [0, 0.05) is 30.8 Å². The number of aliphatic hydroxyl groups excluding tert-OH is 1. The molecule has 1 aromatic carbocycles. The summed E-state index contributed by atoms with van der Waals surface area (Å²) in [6, 6.07) is 8.43. The van der Waals surface area contributed by atoms with E-state index in [1.165, 1.54) is 10.5 Å². The minimum Gasteiger partial charge on any atom is -0.393 e. The number of methoxy groups -OCH3 is 1. The minimum atomic E-state index is -0.254. The second-order valence-corrected chi connectivity index (χ2v) is 5.07. The van der Waals surface area contributed by atoms with E-state index in [9.17, 15) is 5.11 Å². The number of rotatable bonds is 8. The zero-order chi connectivity index (χ0) is 12.5. The van der Waals surface area contributed by atoms with E-state index in [1.54, 1.807) is 25.8 Å². The maximum absolute atomic E-state index is 9.19. The van der Waals surface area contributed by atoms with Crippen molar-refractivity contribution >= 4 is 11.8 Å². The zero-order valence-electron chi connectivity index (χ0n) is 10.5. The molecule has 0 bridgehead atoms. The van der Waals surface area contributed by atoms with E-state index in [1.807, 2.05) is 0 Å². The van der Waals surface area contributed by atoms with Gasteiger partial charge in [-0.05, 0) is 24.6 Å². The molecular formula is C13H21NO2S. The minimum absolute atomic E-state index is 0.254. The van der Waals surface area contributed by atoms with Gasteiger partial charge < -0.3 is 15.2 Å². The van der Waals surface area contributed by atoms with Crippen molar-refractivity contribution in [3.8, 4) is 0 Å². The first kappa shape index (κ1) is 14.5. The summed E-state index contributed by atoms with van der Waals surface area (Å²) in [6.45, 7) is 4.28. The maximum atomic E-state index is 9.19. The van der Waals surface area contributed by atoms with Crippen molar-refractivity contribution < 1.29 is 9.84 Å². The Balaban J connectivity index is 2.29. The predicted molar refractivity (Wildman–Crippen MR) is 72.4 cm³/mol. The molecule has 0 aliphatic rings. The molecule has 0 saturated carbocycles. The fourth-order valence-corrected chi connectivity index (χ4v) is 2.09. The Labute approximate surface area is 108 Å². The highest BCUT2D eigenvalue weighted by Crippen LogP contribution is 2.19. The van der Waals surface area contributed by atoms with Crippen molar-refractivity contribution in [2.45, 2.75) is 24.5 Å². The molecule has 0 heterocycles. The first-order chi connectivity index (χ1) is 8.22. The monoisotopic (exact) mass is 255 g/mol. The van der Waals surface area contributed by atoms with E-state index in [2.05, 4.69) is 29.6 Å². The molecule has 1 aromatic rings. The van der Waals surface area contributed by atoms with Gasteiger partial charge in [-0.25, -0.2) is 0 Å². The van der Waals surface area contributed by atoms with Crippen LogP contribution >= 0.6 is 11.8 Å². The van der Waals surface area contributed by atoms with Crippen LogP contribution in [0.15, 0.2) is 29.2 Å². The van der Waals surface area contributed by atoms with Crippen LogP contribution in [0.5, 0.6) is 0 Å². The lowest BCUT2D eigenvalue weighted by molar-refractivity contribution is 0.199. The molecule has 0 spiro atoms. The lowest BCUT2D eigenvalue weighted by atomic mass is 10.2. The Morgan fingerprint density at radius 2 is 2.06 bits per heavy atom. The lowest BCUT2D eigenvalue weighted by Crippen LogP contribution is -2.18. The molecule has 4 heteroatoms. The summed E-state index contributed by atoms with van der Waals surface area (Å²) < 4.78 is 4.96. The second-order valence-electron chi connectivity index (χ2n) is 3.97. The molecule has 2 N–H and O–H groups in total. The summed E-state index contributed by atoms with van der Waals surface area (Å²) in [6.07, 6.45) is -0.254. The molecule has 0 aromatic heterocycles. The van der Waals surface area contributed by atoms with E-state index in [0.717, 1.165) is 25.4 Å². The standard InChI is InChI=1S/C13H21NO2S/c1-11(15)10-17-13-5-3-12(4-6-13)9-14-7-8-16-2/h3-6,11,14-15H,7-10H2,1-2H3. The molecule has 96 valence electrons. The van der Waals surface area contributed by atoms with Gasteiger partial charge in [-0.15, -0.1) is 11.8 Å². The van der Waals surface area contributed by atoms with Crippen molar-refractivity contribution in [1.82, 2.24) is 5.32 Å². The van der Waals surface area contributed by atoms with E-state index in [0.29, 0.717) is 0 Å². The normalized spacial score (nSPS) is 12.6. The maximum Gasteiger partial charge on any atom is 0.0606 e. The summed E-state index contributed by atoms with van der Waals surface area (Å²) in [5, 5.41) is 12.5. The van der Waals surface area contributed by atoms with Crippen molar-refractivity contribution in [3.05, 3.63) is 29.8 Å². The third-order valence-electron chi connectivity index (χ3n) is 2.23.